The number of nitrogens with one attached hydrogen (secondary N) is 2. The lowest BCUT2D eigenvalue weighted by atomic mass is 10.4. The molecule has 0 radical (unpaired) electrons. The van der Waals surface area contributed by atoms with Crippen LogP contribution >= 0.6 is 0 Å². The van der Waals surface area contributed by atoms with Gasteiger partial charge in [-0.1, -0.05) is 5.21 Å². The molecule has 0 atom stereocenters. The van der Waals surface area contributed by atoms with E-state index >= 15 is 0 Å². The Morgan fingerprint density at radius 3 is 2.83 bits per heavy atom. The Labute approximate surface area is 104 Å². The van der Waals surface area contributed by atoms with E-state index in [1.54, 1.807) is 6.20 Å². The molecule has 1 saturated carbocycles. The minimum atomic E-state index is -0.283. The number of aromatic nitrogens is 3. The van der Waals surface area contributed by atoms with Crippen LogP contribution in [-0.4, -0.2) is 39.4 Å². The number of carbonyl (C=O) groups is 2. The molecule has 0 unspecified atom stereocenters. The quantitative estimate of drug-likeness (QED) is 0.548. The van der Waals surface area contributed by atoms with Gasteiger partial charge in [-0.25, -0.2) is 4.68 Å². The number of carbonyl (C=O) groups excluding carboxylic acids is 2. The first-order valence-corrected chi connectivity index (χ1v) is 5.82. The summed E-state index contributed by atoms with van der Waals surface area (Å²) in [5.74, 6) is -0.443. The maximum atomic E-state index is 11.5. The highest BCUT2D eigenvalue weighted by molar-refractivity contribution is 5.84. The van der Waals surface area contributed by atoms with Gasteiger partial charge in [0.2, 0.25) is 11.8 Å². The van der Waals surface area contributed by atoms with Gasteiger partial charge in [0.15, 0.2) is 0 Å². The van der Waals surface area contributed by atoms with Crippen molar-refractivity contribution in [2.75, 3.05) is 6.54 Å². The maximum Gasteiger partial charge on any atom is 0.242 e. The third kappa shape index (κ3) is 3.81. The van der Waals surface area contributed by atoms with Crippen molar-refractivity contribution in [3.63, 3.8) is 0 Å². The van der Waals surface area contributed by atoms with Crippen molar-refractivity contribution in [3.05, 3.63) is 11.9 Å². The Bertz CT molecular complexity index is 439. The molecule has 1 aromatic heterocycles. The normalized spacial score (nSPS) is 14.3. The largest absolute Gasteiger partial charge is 0.352 e. The summed E-state index contributed by atoms with van der Waals surface area (Å²) in [5, 5.41) is 12.8. The van der Waals surface area contributed by atoms with Crippen molar-refractivity contribution >= 4 is 11.8 Å². The second-order valence-electron chi connectivity index (χ2n) is 4.23. The van der Waals surface area contributed by atoms with Crippen LogP contribution in [0.5, 0.6) is 0 Å². The van der Waals surface area contributed by atoms with Crippen LogP contribution in [0.15, 0.2) is 6.20 Å². The minimum absolute atomic E-state index is 0.00617. The third-order valence-electron chi connectivity index (χ3n) is 2.49. The molecule has 18 heavy (non-hydrogen) atoms. The van der Waals surface area contributed by atoms with E-state index in [1.165, 1.54) is 4.68 Å². The fourth-order valence-corrected chi connectivity index (χ4v) is 1.40. The molecule has 2 amide bonds. The molecular formula is C10H16N6O2. The molecule has 1 fully saturated rings. The summed E-state index contributed by atoms with van der Waals surface area (Å²) in [4.78, 5) is 22.8. The molecule has 1 heterocycles. The summed E-state index contributed by atoms with van der Waals surface area (Å²) in [6, 6.07) is 0.303. The average Bonchev–Trinajstić information content (AvgIpc) is 3.04. The van der Waals surface area contributed by atoms with Gasteiger partial charge in [-0.05, 0) is 12.8 Å². The topological polar surface area (TPSA) is 115 Å². The Balaban J connectivity index is 1.69. The van der Waals surface area contributed by atoms with Gasteiger partial charge in [0.1, 0.15) is 6.54 Å². The fourth-order valence-electron chi connectivity index (χ4n) is 1.40. The van der Waals surface area contributed by atoms with Gasteiger partial charge in [-0.15, -0.1) is 5.10 Å². The molecule has 0 bridgehead atoms. The van der Waals surface area contributed by atoms with Gasteiger partial charge < -0.3 is 16.4 Å². The summed E-state index contributed by atoms with van der Waals surface area (Å²) in [5.41, 5.74) is 5.99. The summed E-state index contributed by atoms with van der Waals surface area (Å²) >= 11 is 0. The van der Waals surface area contributed by atoms with Crippen molar-refractivity contribution in [1.29, 1.82) is 0 Å². The van der Waals surface area contributed by atoms with Gasteiger partial charge in [0, 0.05) is 12.6 Å². The number of hydrogen-bond acceptors (Lipinski definition) is 5. The summed E-state index contributed by atoms with van der Waals surface area (Å²) < 4.78 is 1.39. The lowest BCUT2D eigenvalue weighted by molar-refractivity contribution is -0.126. The Kier molecular flexibility index (Phi) is 3.88. The number of nitrogens with two attached hydrogens (primary N) is 1. The highest BCUT2D eigenvalue weighted by Crippen LogP contribution is 2.18. The number of amides is 2. The van der Waals surface area contributed by atoms with E-state index < -0.39 is 0 Å². The zero-order chi connectivity index (χ0) is 13.0. The van der Waals surface area contributed by atoms with Gasteiger partial charge in [0.05, 0.1) is 18.4 Å². The second-order valence-corrected chi connectivity index (χ2v) is 4.23. The van der Waals surface area contributed by atoms with E-state index in [1.807, 2.05) is 0 Å². The van der Waals surface area contributed by atoms with E-state index in [2.05, 4.69) is 20.9 Å². The number of nitrogens with zero attached hydrogens (tertiary/aromatic N) is 3. The first-order valence-electron chi connectivity index (χ1n) is 5.82. The van der Waals surface area contributed by atoms with E-state index in [4.69, 9.17) is 5.73 Å². The SMILES string of the molecule is NCc1cn(CC(=O)NCC(=O)NC2CC2)nn1. The minimum Gasteiger partial charge on any atom is -0.352 e. The van der Waals surface area contributed by atoms with E-state index in [0.29, 0.717) is 11.7 Å². The summed E-state index contributed by atoms with van der Waals surface area (Å²) in [6.07, 6.45) is 3.66. The van der Waals surface area contributed by atoms with Crippen molar-refractivity contribution in [1.82, 2.24) is 25.6 Å². The predicted molar refractivity (Wildman–Crippen MR) is 62.1 cm³/mol. The lowest BCUT2D eigenvalue weighted by Crippen LogP contribution is -2.39. The van der Waals surface area contributed by atoms with Gasteiger partial charge in [-0.2, -0.15) is 0 Å². The van der Waals surface area contributed by atoms with E-state index in [-0.39, 0.29) is 31.4 Å². The lowest BCUT2D eigenvalue weighted by Gasteiger charge is -2.05. The Hall–Kier alpha value is -1.96. The van der Waals surface area contributed by atoms with Crippen LogP contribution in [0.25, 0.3) is 0 Å². The molecule has 98 valence electrons. The van der Waals surface area contributed by atoms with Gasteiger partial charge in [-0.3, -0.25) is 9.59 Å². The molecule has 8 nitrogen and oxygen atoms in total. The molecule has 1 aliphatic carbocycles. The van der Waals surface area contributed by atoms with Crippen LogP contribution in [0.1, 0.15) is 18.5 Å². The molecule has 0 saturated heterocycles. The molecule has 0 aromatic carbocycles. The maximum absolute atomic E-state index is 11.5. The first-order chi connectivity index (χ1) is 8.67. The Morgan fingerprint density at radius 2 is 2.22 bits per heavy atom. The predicted octanol–water partition coefficient (Wildman–Crippen LogP) is -1.87. The van der Waals surface area contributed by atoms with E-state index in [9.17, 15) is 9.59 Å². The first kappa shape index (κ1) is 12.5. The van der Waals surface area contributed by atoms with Crippen LogP contribution in [0, 0.1) is 0 Å². The molecule has 1 aromatic rings. The highest BCUT2D eigenvalue weighted by atomic mass is 16.2. The van der Waals surface area contributed by atoms with E-state index in [0.717, 1.165) is 12.8 Å². The molecule has 0 spiro atoms. The van der Waals surface area contributed by atoms with Crippen LogP contribution < -0.4 is 16.4 Å². The number of rotatable bonds is 6. The van der Waals surface area contributed by atoms with Crippen LogP contribution in [0.3, 0.4) is 0 Å². The van der Waals surface area contributed by atoms with Crippen LogP contribution in [0.4, 0.5) is 0 Å². The zero-order valence-corrected chi connectivity index (χ0v) is 9.93. The van der Waals surface area contributed by atoms with Gasteiger partial charge in [0.25, 0.3) is 0 Å². The third-order valence-corrected chi connectivity index (χ3v) is 2.49. The van der Waals surface area contributed by atoms with Crippen LogP contribution in [-0.2, 0) is 22.7 Å². The molecule has 4 N–H and O–H groups in total. The van der Waals surface area contributed by atoms with Gasteiger partial charge >= 0.3 is 0 Å². The molecule has 0 aliphatic heterocycles. The Morgan fingerprint density at radius 1 is 1.44 bits per heavy atom. The van der Waals surface area contributed by atoms with Crippen molar-refractivity contribution < 1.29 is 9.59 Å². The number of hydrogen-bond donors (Lipinski definition) is 3. The highest BCUT2D eigenvalue weighted by Gasteiger charge is 2.23. The zero-order valence-electron chi connectivity index (χ0n) is 9.93. The van der Waals surface area contributed by atoms with Crippen molar-refractivity contribution in [2.24, 2.45) is 5.73 Å². The molecule has 2 rings (SSSR count). The fraction of sp³-hybridized carbons (Fsp3) is 0.600. The monoisotopic (exact) mass is 252 g/mol. The smallest absolute Gasteiger partial charge is 0.242 e. The molecule has 8 heteroatoms. The average molecular weight is 252 g/mol. The molecular weight excluding hydrogens is 236 g/mol. The summed E-state index contributed by atoms with van der Waals surface area (Å²) in [7, 11) is 0. The molecule has 1 aliphatic rings. The van der Waals surface area contributed by atoms with Crippen molar-refractivity contribution in [3.8, 4) is 0 Å². The second kappa shape index (κ2) is 5.58. The standard InChI is InChI=1S/C10H16N6O2/c11-3-8-5-16(15-14-8)6-10(18)12-4-9(17)13-7-1-2-7/h5,7H,1-4,6,11H2,(H,12,18)(H,13,17). The summed E-state index contributed by atoms with van der Waals surface area (Å²) in [6.45, 7) is 0.308. The van der Waals surface area contributed by atoms with Crippen molar-refractivity contribution in [2.45, 2.75) is 32.0 Å². The van der Waals surface area contributed by atoms with Crippen LogP contribution in [0.2, 0.25) is 0 Å².